The third-order valence-electron chi connectivity index (χ3n) is 7.79. The molecule has 4 atom stereocenters. The van der Waals surface area contributed by atoms with Crippen molar-refractivity contribution in [2.45, 2.75) is 50.2 Å². The average Bonchev–Trinajstić information content (AvgIpc) is 3.06. The van der Waals surface area contributed by atoms with Crippen molar-refractivity contribution in [3.63, 3.8) is 0 Å². The Labute approximate surface area is 246 Å². The molecule has 5 rings (SSSR count). The zero-order valence-corrected chi connectivity index (χ0v) is 23.4. The van der Waals surface area contributed by atoms with Crippen LogP contribution in [0.3, 0.4) is 0 Å². The van der Waals surface area contributed by atoms with Gasteiger partial charge in [0.25, 0.3) is 0 Å². The Kier molecular flexibility index (Phi) is 9.02. The van der Waals surface area contributed by atoms with Crippen LogP contribution in [-0.4, -0.2) is 50.3 Å². The van der Waals surface area contributed by atoms with Crippen molar-refractivity contribution >= 4 is 17.3 Å². The molecule has 8 heteroatoms. The van der Waals surface area contributed by atoms with Gasteiger partial charge < -0.3 is 31.5 Å². The van der Waals surface area contributed by atoms with Crippen LogP contribution in [-0.2, 0) is 25.9 Å². The maximum absolute atomic E-state index is 11.9. The van der Waals surface area contributed by atoms with E-state index in [1.54, 1.807) is 0 Å². The minimum atomic E-state index is -1.16. The van der Waals surface area contributed by atoms with Crippen LogP contribution >= 0.6 is 0 Å². The first-order valence-electron chi connectivity index (χ1n) is 14.1. The second-order valence-corrected chi connectivity index (χ2v) is 10.8. The molecule has 4 aromatic rings. The third-order valence-corrected chi connectivity index (χ3v) is 7.79. The zero-order chi connectivity index (χ0) is 29.5. The van der Waals surface area contributed by atoms with Gasteiger partial charge in [-0.1, -0.05) is 84.9 Å². The van der Waals surface area contributed by atoms with Crippen LogP contribution in [0.15, 0.2) is 114 Å². The van der Waals surface area contributed by atoms with E-state index < -0.39 is 24.3 Å². The summed E-state index contributed by atoms with van der Waals surface area (Å²) >= 11 is 0. The number of rotatable bonds is 8. The molecule has 6 N–H and O–H groups in total. The summed E-state index contributed by atoms with van der Waals surface area (Å²) in [5.41, 5.74) is 17.3. The summed E-state index contributed by atoms with van der Waals surface area (Å²) in [6.07, 6.45) is 0.548. The molecule has 8 nitrogen and oxygen atoms in total. The van der Waals surface area contributed by atoms with Gasteiger partial charge >= 0.3 is 0 Å². The van der Waals surface area contributed by atoms with Crippen LogP contribution in [0.2, 0.25) is 0 Å². The predicted octanol–water partition coefficient (Wildman–Crippen LogP) is 3.95. The molecule has 0 aliphatic carbocycles. The number of aliphatic hydroxyl groups excluding tert-OH is 2. The van der Waals surface area contributed by atoms with Crippen LogP contribution in [0.4, 0.5) is 11.4 Å². The molecule has 0 amide bonds. The lowest BCUT2D eigenvalue weighted by Gasteiger charge is -2.38. The summed E-state index contributed by atoms with van der Waals surface area (Å²) in [5.74, 6) is 0.375. The third kappa shape index (κ3) is 6.72. The van der Waals surface area contributed by atoms with Crippen molar-refractivity contribution in [2.75, 3.05) is 11.5 Å². The van der Waals surface area contributed by atoms with E-state index in [1.165, 1.54) is 0 Å². The summed E-state index contributed by atoms with van der Waals surface area (Å²) < 4.78 is 0. The van der Waals surface area contributed by atoms with E-state index in [0.29, 0.717) is 43.3 Å². The van der Waals surface area contributed by atoms with Crippen LogP contribution in [0, 0.1) is 11.5 Å². The van der Waals surface area contributed by atoms with Crippen molar-refractivity contribution in [2.24, 2.45) is 4.99 Å². The molecule has 1 heterocycles. The summed E-state index contributed by atoms with van der Waals surface area (Å²) in [6, 6.07) is 33.5. The molecule has 0 aromatic heterocycles. The summed E-state index contributed by atoms with van der Waals surface area (Å²) in [4.78, 5) is 8.27. The normalized spacial score (nSPS) is 20.5. The smallest absolute Gasteiger partial charge is 0.213 e. The quantitative estimate of drug-likeness (QED) is 0.189. The van der Waals surface area contributed by atoms with Gasteiger partial charge in [-0.05, 0) is 59.4 Å². The van der Waals surface area contributed by atoms with Crippen LogP contribution in [0.1, 0.15) is 22.3 Å². The molecule has 214 valence electrons. The van der Waals surface area contributed by atoms with E-state index in [0.717, 1.165) is 22.3 Å². The zero-order valence-electron chi connectivity index (χ0n) is 23.4. The van der Waals surface area contributed by atoms with Gasteiger partial charge in [0.2, 0.25) is 12.2 Å². The minimum Gasteiger partial charge on any atom is -0.399 e. The SMILES string of the molecule is N#CN=C1N(Cc2cccc(N)c2)[C@H](Cc2ccccc2)[C@H](O)[C@@H](O)[C@@H](Cc2ccccc2)N1Cc1cccc(N)c1. The van der Waals surface area contributed by atoms with E-state index in [1.807, 2.05) is 125 Å². The number of aliphatic hydroxyl groups is 2. The highest BCUT2D eigenvalue weighted by atomic mass is 16.3. The van der Waals surface area contributed by atoms with Gasteiger partial charge in [0.1, 0.15) is 12.2 Å². The molecule has 0 unspecified atom stereocenters. The largest absolute Gasteiger partial charge is 0.399 e. The molecule has 42 heavy (non-hydrogen) atoms. The van der Waals surface area contributed by atoms with Gasteiger partial charge in [-0.25, -0.2) is 0 Å². The molecule has 0 bridgehead atoms. The Bertz CT molecular complexity index is 1430. The Hall–Kier alpha value is -4.84. The fourth-order valence-electron chi connectivity index (χ4n) is 5.78. The van der Waals surface area contributed by atoms with E-state index >= 15 is 0 Å². The van der Waals surface area contributed by atoms with Crippen molar-refractivity contribution < 1.29 is 10.2 Å². The number of nitrogen functional groups attached to an aromatic ring is 2. The van der Waals surface area contributed by atoms with Gasteiger partial charge in [0.05, 0.1) is 12.1 Å². The summed E-state index contributed by atoms with van der Waals surface area (Å²) in [7, 11) is 0. The minimum absolute atomic E-state index is 0.318. The molecule has 0 spiro atoms. The lowest BCUT2D eigenvalue weighted by atomic mass is 9.91. The number of nitrogens with two attached hydrogens (primary N) is 2. The molecule has 1 fully saturated rings. The Morgan fingerprint density at radius 3 is 1.40 bits per heavy atom. The van der Waals surface area contributed by atoms with Crippen molar-refractivity contribution in [3.8, 4) is 6.19 Å². The molecule has 1 aliphatic rings. The standard InChI is InChI=1S/C34H36N6O2/c35-23-38-34-39(21-26-13-7-15-28(36)17-26)30(19-24-9-3-1-4-10-24)32(41)33(42)31(20-25-11-5-2-6-12-25)40(34)22-27-14-8-16-29(37)18-27/h1-18,30-33,41-42H,19-22,36-37H2/t30-,31-,32+,33+/m1/s1. The van der Waals surface area contributed by atoms with Crippen molar-refractivity contribution in [3.05, 3.63) is 131 Å². The molecule has 1 saturated heterocycles. The maximum atomic E-state index is 11.9. The first kappa shape index (κ1) is 28.7. The van der Waals surface area contributed by atoms with Gasteiger partial charge in [-0.3, -0.25) is 0 Å². The Morgan fingerprint density at radius 2 is 1.02 bits per heavy atom. The molecule has 1 aliphatic heterocycles. The molecular formula is C34H36N6O2. The highest BCUT2D eigenvalue weighted by molar-refractivity contribution is 5.82. The number of aliphatic imine (C=N–C) groups is 1. The molecular weight excluding hydrogens is 524 g/mol. The molecule has 0 radical (unpaired) electrons. The number of guanidine groups is 1. The lowest BCUT2D eigenvalue weighted by Crippen LogP contribution is -2.51. The first-order valence-corrected chi connectivity index (χ1v) is 14.1. The second-order valence-electron chi connectivity index (χ2n) is 10.8. The van der Waals surface area contributed by atoms with Crippen molar-refractivity contribution in [1.29, 1.82) is 5.26 Å². The Morgan fingerprint density at radius 1 is 0.619 bits per heavy atom. The second kappa shape index (κ2) is 13.2. The van der Waals surface area contributed by atoms with Gasteiger partial charge in [-0.2, -0.15) is 5.26 Å². The average molecular weight is 561 g/mol. The number of hydrogen-bond acceptors (Lipinski definition) is 6. The monoisotopic (exact) mass is 560 g/mol. The number of nitrogens with zero attached hydrogens (tertiary/aromatic N) is 4. The fourth-order valence-corrected chi connectivity index (χ4v) is 5.78. The van der Waals surface area contributed by atoms with Crippen LogP contribution in [0.25, 0.3) is 0 Å². The van der Waals surface area contributed by atoms with E-state index in [2.05, 4.69) is 4.99 Å². The van der Waals surface area contributed by atoms with E-state index in [4.69, 9.17) is 11.5 Å². The van der Waals surface area contributed by atoms with Crippen LogP contribution < -0.4 is 11.5 Å². The number of benzene rings is 4. The maximum Gasteiger partial charge on any atom is 0.213 e. The number of hydrogen-bond donors (Lipinski definition) is 4. The van der Waals surface area contributed by atoms with Gasteiger partial charge in [-0.15, -0.1) is 4.99 Å². The van der Waals surface area contributed by atoms with Crippen LogP contribution in [0.5, 0.6) is 0 Å². The fraction of sp³-hybridized carbons (Fsp3) is 0.235. The predicted molar refractivity (Wildman–Crippen MR) is 166 cm³/mol. The highest BCUT2D eigenvalue weighted by Crippen LogP contribution is 2.30. The summed E-state index contributed by atoms with van der Waals surface area (Å²) in [5, 5.41) is 33.9. The Balaban J connectivity index is 1.66. The number of anilines is 2. The lowest BCUT2D eigenvalue weighted by molar-refractivity contribution is -0.0408. The number of nitriles is 1. The van der Waals surface area contributed by atoms with Gasteiger partial charge in [0, 0.05) is 24.5 Å². The summed E-state index contributed by atoms with van der Waals surface area (Å²) in [6.45, 7) is 0.636. The van der Waals surface area contributed by atoms with Crippen molar-refractivity contribution in [1.82, 2.24) is 9.80 Å². The topological polar surface area (TPSA) is 135 Å². The van der Waals surface area contributed by atoms with E-state index in [-0.39, 0.29) is 0 Å². The highest BCUT2D eigenvalue weighted by Gasteiger charge is 2.45. The van der Waals surface area contributed by atoms with Gasteiger partial charge in [0.15, 0.2) is 0 Å². The molecule has 4 aromatic carbocycles. The molecule has 0 saturated carbocycles. The van der Waals surface area contributed by atoms with E-state index in [9.17, 15) is 15.5 Å². The first-order chi connectivity index (χ1) is 20.4.